The van der Waals surface area contributed by atoms with Crippen LogP contribution in [0, 0.1) is 5.92 Å². The maximum atomic E-state index is 8.83. The number of aliphatic hydroxyl groups excluding tert-OH is 2. The SMILES string of the molecule is CC([C@@H](C)O)[C@@H](C)O. The van der Waals surface area contributed by atoms with Gasteiger partial charge in [0.1, 0.15) is 0 Å². The Hall–Kier alpha value is -0.0800. The van der Waals surface area contributed by atoms with Crippen LogP contribution in [-0.4, -0.2) is 22.4 Å². The van der Waals surface area contributed by atoms with Crippen LogP contribution in [0.5, 0.6) is 0 Å². The van der Waals surface area contributed by atoms with Gasteiger partial charge in [0, 0.05) is 5.92 Å². The monoisotopic (exact) mass is 118 g/mol. The van der Waals surface area contributed by atoms with Crippen LogP contribution in [0.3, 0.4) is 0 Å². The molecule has 0 heterocycles. The fourth-order valence-electron chi connectivity index (χ4n) is 0.403. The van der Waals surface area contributed by atoms with Crippen LogP contribution in [0.15, 0.2) is 0 Å². The molecule has 0 fully saturated rings. The van der Waals surface area contributed by atoms with Crippen LogP contribution in [0.4, 0.5) is 0 Å². The quantitative estimate of drug-likeness (QED) is 0.550. The summed E-state index contributed by atoms with van der Waals surface area (Å²) < 4.78 is 0. The predicted octanol–water partition coefficient (Wildman–Crippen LogP) is 0.384. The van der Waals surface area contributed by atoms with Gasteiger partial charge in [-0.25, -0.2) is 0 Å². The molecule has 0 amide bonds. The van der Waals surface area contributed by atoms with Crippen molar-refractivity contribution >= 4 is 0 Å². The molecule has 50 valence electrons. The van der Waals surface area contributed by atoms with E-state index in [0.717, 1.165) is 0 Å². The fraction of sp³-hybridized carbons (Fsp3) is 1.00. The largest absolute Gasteiger partial charge is 0.393 e. The first-order valence-electron chi connectivity index (χ1n) is 2.92. The normalized spacial score (nSPS) is 18.8. The van der Waals surface area contributed by atoms with Crippen molar-refractivity contribution in [3.05, 3.63) is 0 Å². The molecule has 0 spiro atoms. The molecule has 0 aromatic carbocycles. The van der Waals surface area contributed by atoms with E-state index in [1.165, 1.54) is 0 Å². The van der Waals surface area contributed by atoms with Gasteiger partial charge in [-0.1, -0.05) is 6.92 Å². The summed E-state index contributed by atoms with van der Waals surface area (Å²) in [4.78, 5) is 0. The van der Waals surface area contributed by atoms with E-state index < -0.39 is 12.2 Å². The van der Waals surface area contributed by atoms with Gasteiger partial charge < -0.3 is 10.2 Å². The molecular weight excluding hydrogens is 104 g/mol. The summed E-state index contributed by atoms with van der Waals surface area (Å²) in [5.41, 5.74) is 0. The van der Waals surface area contributed by atoms with Gasteiger partial charge in [-0.3, -0.25) is 0 Å². The Morgan fingerprint density at radius 3 is 1.12 bits per heavy atom. The van der Waals surface area contributed by atoms with Gasteiger partial charge in [-0.15, -0.1) is 0 Å². The van der Waals surface area contributed by atoms with Crippen molar-refractivity contribution in [1.82, 2.24) is 0 Å². The third-order valence-corrected chi connectivity index (χ3v) is 1.52. The summed E-state index contributed by atoms with van der Waals surface area (Å²) in [5.74, 6) is -0.0185. The van der Waals surface area contributed by atoms with E-state index in [2.05, 4.69) is 0 Å². The minimum absolute atomic E-state index is 0.0185. The topological polar surface area (TPSA) is 40.5 Å². The summed E-state index contributed by atoms with van der Waals surface area (Å²) in [6, 6.07) is 0. The first kappa shape index (κ1) is 7.92. The second kappa shape index (κ2) is 3.05. The molecule has 2 N–H and O–H groups in total. The fourth-order valence-corrected chi connectivity index (χ4v) is 0.403. The number of hydrogen-bond acceptors (Lipinski definition) is 2. The lowest BCUT2D eigenvalue weighted by molar-refractivity contribution is 0.0420. The lowest BCUT2D eigenvalue weighted by Crippen LogP contribution is -2.24. The van der Waals surface area contributed by atoms with Gasteiger partial charge in [-0.05, 0) is 13.8 Å². The molecule has 8 heavy (non-hydrogen) atoms. The van der Waals surface area contributed by atoms with Crippen molar-refractivity contribution in [2.45, 2.75) is 33.0 Å². The summed E-state index contributed by atoms with van der Waals surface area (Å²) in [5, 5.41) is 17.7. The van der Waals surface area contributed by atoms with E-state index in [-0.39, 0.29) is 5.92 Å². The third kappa shape index (κ3) is 2.28. The molecule has 0 rings (SSSR count). The Bertz CT molecular complexity index is 51.5. The van der Waals surface area contributed by atoms with E-state index in [1.807, 2.05) is 6.92 Å². The summed E-state index contributed by atoms with van der Waals surface area (Å²) >= 11 is 0. The molecule has 0 radical (unpaired) electrons. The maximum Gasteiger partial charge on any atom is 0.0562 e. The highest BCUT2D eigenvalue weighted by molar-refractivity contribution is 4.63. The Kier molecular flexibility index (Phi) is 3.02. The molecular formula is C6H14O2. The van der Waals surface area contributed by atoms with E-state index in [0.29, 0.717) is 0 Å². The molecule has 0 aromatic rings. The lowest BCUT2D eigenvalue weighted by Gasteiger charge is -2.16. The minimum atomic E-state index is -0.407. The minimum Gasteiger partial charge on any atom is -0.393 e. The number of hydrogen-bond donors (Lipinski definition) is 2. The lowest BCUT2D eigenvalue weighted by atomic mass is 10.0. The number of aliphatic hydroxyl groups is 2. The van der Waals surface area contributed by atoms with Crippen molar-refractivity contribution in [3.63, 3.8) is 0 Å². The van der Waals surface area contributed by atoms with Crippen molar-refractivity contribution in [2.24, 2.45) is 5.92 Å². The van der Waals surface area contributed by atoms with Crippen LogP contribution in [-0.2, 0) is 0 Å². The van der Waals surface area contributed by atoms with Crippen LogP contribution in [0.1, 0.15) is 20.8 Å². The van der Waals surface area contributed by atoms with Crippen molar-refractivity contribution in [3.8, 4) is 0 Å². The molecule has 0 bridgehead atoms. The Labute approximate surface area is 50.2 Å². The van der Waals surface area contributed by atoms with Crippen molar-refractivity contribution < 1.29 is 10.2 Å². The highest BCUT2D eigenvalue weighted by atomic mass is 16.3. The second-order valence-electron chi connectivity index (χ2n) is 2.34. The highest BCUT2D eigenvalue weighted by Crippen LogP contribution is 2.06. The van der Waals surface area contributed by atoms with Gasteiger partial charge in [-0.2, -0.15) is 0 Å². The van der Waals surface area contributed by atoms with E-state index >= 15 is 0 Å². The van der Waals surface area contributed by atoms with Gasteiger partial charge in [0.05, 0.1) is 12.2 Å². The third-order valence-electron chi connectivity index (χ3n) is 1.52. The van der Waals surface area contributed by atoms with Crippen molar-refractivity contribution in [2.75, 3.05) is 0 Å². The molecule has 0 aliphatic rings. The first-order chi connectivity index (χ1) is 3.55. The summed E-state index contributed by atoms with van der Waals surface area (Å²) in [6.07, 6.45) is -0.815. The average molecular weight is 118 g/mol. The van der Waals surface area contributed by atoms with Gasteiger partial charge in [0.2, 0.25) is 0 Å². The van der Waals surface area contributed by atoms with Gasteiger partial charge >= 0.3 is 0 Å². The summed E-state index contributed by atoms with van der Waals surface area (Å²) in [6.45, 7) is 5.17. The first-order valence-corrected chi connectivity index (χ1v) is 2.92. The zero-order valence-corrected chi connectivity index (χ0v) is 5.63. The molecule has 0 aromatic heterocycles. The molecule has 2 nitrogen and oxygen atoms in total. The van der Waals surface area contributed by atoms with E-state index in [4.69, 9.17) is 10.2 Å². The standard InChI is InChI=1S/C6H14O2/c1-4(5(2)7)6(3)8/h4-8H,1-3H3/t5-,6-/m1/s1. The Morgan fingerprint density at radius 2 is 1.12 bits per heavy atom. The highest BCUT2D eigenvalue weighted by Gasteiger charge is 2.13. The van der Waals surface area contributed by atoms with Crippen LogP contribution < -0.4 is 0 Å². The van der Waals surface area contributed by atoms with Crippen LogP contribution >= 0.6 is 0 Å². The molecule has 0 saturated carbocycles. The van der Waals surface area contributed by atoms with Crippen molar-refractivity contribution in [1.29, 1.82) is 0 Å². The van der Waals surface area contributed by atoms with Crippen LogP contribution in [0.25, 0.3) is 0 Å². The summed E-state index contributed by atoms with van der Waals surface area (Å²) in [7, 11) is 0. The molecule has 0 aliphatic carbocycles. The van der Waals surface area contributed by atoms with Crippen LogP contribution in [0.2, 0.25) is 0 Å². The van der Waals surface area contributed by atoms with E-state index in [1.54, 1.807) is 13.8 Å². The molecule has 2 atom stereocenters. The molecule has 0 unspecified atom stereocenters. The molecule has 0 aliphatic heterocycles. The average Bonchev–Trinajstić information content (AvgIpc) is 1.64. The molecule has 2 heteroatoms. The Morgan fingerprint density at radius 1 is 0.875 bits per heavy atom. The van der Waals surface area contributed by atoms with Gasteiger partial charge in [0.25, 0.3) is 0 Å². The van der Waals surface area contributed by atoms with E-state index in [9.17, 15) is 0 Å². The maximum absolute atomic E-state index is 8.83. The smallest absolute Gasteiger partial charge is 0.0562 e. The second-order valence-corrected chi connectivity index (χ2v) is 2.34. The Balaban J connectivity index is 3.46. The molecule has 0 saturated heterocycles. The van der Waals surface area contributed by atoms with Gasteiger partial charge in [0.15, 0.2) is 0 Å². The zero-order valence-electron chi connectivity index (χ0n) is 5.63. The number of rotatable bonds is 2. The predicted molar refractivity (Wildman–Crippen MR) is 32.5 cm³/mol. The zero-order chi connectivity index (χ0) is 6.73.